The third-order valence-electron chi connectivity index (χ3n) is 5.86. The van der Waals surface area contributed by atoms with Gasteiger partial charge in [0.25, 0.3) is 5.88 Å². The lowest BCUT2D eigenvalue weighted by Gasteiger charge is -2.52. The van der Waals surface area contributed by atoms with Gasteiger partial charge in [-0.3, -0.25) is 9.59 Å². The summed E-state index contributed by atoms with van der Waals surface area (Å²) in [6.07, 6.45) is 4.88. The quantitative estimate of drug-likeness (QED) is 0.824. The standard InChI is InChI=1S/C18H25N3O4/c1-24-16-8-14(25-19-16)5-6-17(22)20-9-12-7-13(11-20)15-3-2-4-18(23)21(15)10-12/h8,12-13,15H,2-7,9-11H2,1H3/t12-,13-,15+/m1/s1. The Morgan fingerprint density at radius 1 is 1.40 bits per heavy atom. The summed E-state index contributed by atoms with van der Waals surface area (Å²) in [6, 6.07) is 2.07. The summed E-state index contributed by atoms with van der Waals surface area (Å²) >= 11 is 0. The first-order valence-corrected chi connectivity index (χ1v) is 9.21. The number of likely N-dealkylation sites (tertiary alicyclic amines) is 1. The van der Waals surface area contributed by atoms with E-state index in [0.29, 0.717) is 54.7 Å². The minimum Gasteiger partial charge on any atom is -0.479 e. The number of methoxy groups -OCH3 is 1. The number of fused-ring (bicyclic) bond motifs is 4. The predicted molar refractivity (Wildman–Crippen MR) is 88.9 cm³/mol. The Bertz CT molecular complexity index is 659. The highest BCUT2D eigenvalue weighted by atomic mass is 16.5. The molecular weight excluding hydrogens is 322 g/mol. The van der Waals surface area contributed by atoms with E-state index < -0.39 is 0 Å². The molecule has 3 aliphatic rings. The van der Waals surface area contributed by atoms with Gasteiger partial charge < -0.3 is 19.1 Å². The van der Waals surface area contributed by atoms with Crippen molar-refractivity contribution >= 4 is 11.8 Å². The van der Waals surface area contributed by atoms with Gasteiger partial charge in [0.15, 0.2) is 0 Å². The monoisotopic (exact) mass is 347 g/mol. The van der Waals surface area contributed by atoms with Crippen molar-refractivity contribution in [1.82, 2.24) is 15.0 Å². The third kappa shape index (κ3) is 3.24. The minimum absolute atomic E-state index is 0.167. The molecule has 2 bridgehead atoms. The number of hydrogen-bond acceptors (Lipinski definition) is 5. The molecule has 0 saturated carbocycles. The Morgan fingerprint density at radius 2 is 2.28 bits per heavy atom. The van der Waals surface area contributed by atoms with Gasteiger partial charge >= 0.3 is 0 Å². The lowest BCUT2D eigenvalue weighted by Crippen LogP contribution is -2.61. The van der Waals surface area contributed by atoms with Gasteiger partial charge in [0.1, 0.15) is 5.76 Å². The Balaban J connectivity index is 1.36. The zero-order chi connectivity index (χ0) is 17.4. The van der Waals surface area contributed by atoms with Crippen LogP contribution in [0.2, 0.25) is 0 Å². The molecule has 3 atom stereocenters. The predicted octanol–water partition coefficient (Wildman–Crippen LogP) is 1.48. The Labute approximate surface area is 147 Å². The maximum atomic E-state index is 12.7. The first-order chi connectivity index (χ1) is 12.1. The maximum absolute atomic E-state index is 12.7. The van der Waals surface area contributed by atoms with Crippen LogP contribution in [0.15, 0.2) is 10.6 Å². The molecule has 3 fully saturated rings. The van der Waals surface area contributed by atoms with Gasteiger partial charge in [-0.05, 0) is 36.3 Å². The highest BCUT2D eigenvalue weighted by Crippen LogP contribution is 2.38. The molecule has 0 aliphatic carbocycles. The van der Waals surface area contributed by atoms with Gasteiger partial charge in [-0.15, -0.1) is 0 Å². The van der Waals surface area contributed by atoms with E-state index in [4.69, 9.17) is 9.26 Å². The van der Waals surface area contributed by atoms with Gasteiger partial charge in [0, 0.05) is 51.0 Å². The second-order valence-electron chi connectivity index (χ2n) is 7.50. The van der Waals surface area contributed by atoms with Crippen molar-refractivity contribution in [2.75, 3.05) is 26.7 Å². The molecule has 0 aromatic carbocycles. The molecule has 7 heteroatoms. The van der Waals surface area contributed by atoms with Gasteiger partial charge in [0.05, 0.1) is 7.11 Å². The van der Waals surface area contributed by atoms with Crippen molar-refractivity contribution in [3.63, 3.8) is 0 Å². The van der Waals surface area contributed by atoms with Crippen LogP contribution in [0, 0.1) is 11.8 Å². The molecule has 0 radical (unpaired) electrons. The van der Waals surface area contributed by atoms with E-state index >= 15 is 0 Å². The zero-order valence-electron chi connectivity index (χ0n) is 14.6. The van der Waals surface area contributed by atoms with Crippen molar-refractivity contribution in [2.45, 2.75) is 44.6 Å². The highest BCUT2D eigenvalue weighted by Gasteiger charge is 2.44. The smallest absolute Gasteiger partial charge is 0.254 e. The van der Waals surface area contributed by atoms with E-state index in [9.17, 15) is 9.59 Å². The molecule has 0 unspecified atom stereocenters. The van der Waals surface area contributed by atoms with E-state index in [1.807, 2.05) is 4.90 Å². The molecule has 4 heterocycles. The number of nitrogens with zero attached hydrogens (tertiary/aromatic N) is 3. The van der Waals surface area contributed by atoms with Gasteiger partial charge in [-0.2, -0.15) is 0 Å². The molecule has 7 nitrogen and oxygen atoms in total. The van der Waals surface area contributed by atoms with Crippen LogP contribution in [0.5, 0.6) is 5.88 Å². The summed E-state index contributed by atoms with van der Waals surface area (Å²) in [4.78, 5) is 28.9. The molecule has 2 amide bonds. The van der Waals surface area contributed by atoms with Crippen LogP contribution in [-0.2, 0) is 16.0 Å². The van der Waals surface area contributed by atoms with E-state index in [2.05, 4.69) is 10.1 Å². The maximum Gasteiger partial charge on any atom is 0.254 e. The molecule has 3 saturated heterocycles. The summed E-state index contributed by atoms with van der Waals surface area (Å²) in [5, 5.41) is 3.76. The summed E-state index contributed by atoms with van der Waals surface area (Å²) in [5.74, 6) is 2.45. The molecule has 1 aromatic rings. The van der Waals surface area contributed by atoms with E-state index in [-0.39, 0.29) is 5.91 Å². The Hall–Kier alpha value is -2.05. The van der Waals surface area contributed by atoms with E-state index in [1.165, 1.54) is 0 Å². The number of ether oxygens (including phenoxy) is 1. The summed E-state index contributed by atoms with van der Waals surface area (Å²) < 4.78 is 10.2. The van der Waals surface area contributed by atoms with Crippen molar-refractivity contribution in [3.05, 3.63) is 11.8 Å². The average molecular weight is 347 g/mol. The third-order valence-corrected chi connectivity index (χ3v) is 5.86. The fourth-order valence-corrected chi connectivity index (χ4v) is 4.71. The lowest BCUT2D eigenvalue weighted by atomic mass is 9.76. The van der Waals surface area contributed by atoms with Crippen molar-refractivity contribution in [3.8, 4) is 5.88 Å². The number of aromatic nitrogens is 1. The summed E-state index contributed by atoms with van der Waals surface area (Å²) in [6.45, 7) is 2.37. The SMILES string of the molecule is COc1cc(CCC(=O)N2C[C@H]3C[C@H](C2)[C@@H]2CCCC(=O)N2C3)on1. The number of piperidine rings is 3. The number of amides is 2. The zero-order valence-corrected chi connectivity index (χ0v) is 14.6. The molecule has 136 valence electrons. The van der Waals surface area contributed by atoms with Crippen LogP contribution in [0.1, 0.15) is 37.9 Å². The van der Waals surface area contributed by atoms with Crippen LogP contribution in [-0.4, -0.2) is 59.6 Å². The van der Waals surface area contributed by atoms with Crippen LogP contribution in [0.25, 0.3) is 0 Å². The fourth-order valence-electron chi connectivity index (χ4n) is 4.71. The number of rotatable bonds is 4. The van der Waals surface area contributed by atoms with Gasteiger partial charge in [-0.1, -0.05) is 0 Å². The number of hydrogen-bond donors (Lipinski definition) is 0. The van der Waals surface area contributed by atoms with Crippen LogP contribution in [0.4, 0.5) is 0 Å². The van der Waals surface area contributed by atoms with E-state index in [1.54, 1.807) is 13.2 Å². The van der Waals surface area contributed by atoms with Crippen molar-refractivity contribution in [2.24, 2.45) is 11.8 Å². The molecule has 0 spiro atoms. The van der Waals surface area contributed by atoms with Crippen LogP contribution >= 0.6 is 0 Å². The molecular formula is C18H25N3O4. The average Bonchev–Trinajstić information content (AvgIpc) is 3.08. The molecule has 1 aromatic heterocycles. The van der Waals surface area contributed by atoms with Crippen LogP contribution in [0.3, 0.4) is 0 Å². The highest BCUT2D eigenvalue weighted by molar-refractivity contribution is 5.78. The summed E-state index contributed by atoms with van der Waals surface area (Å²) in [5.41, 5.74) is 0. The summed E-state index contributed by atoms with van der Waals surface area (Å²) in [7, 11) is 1.54. The minimum atomic E-state index is 0.167. The first-order valence-electron chi connectivity index (χ1n) is 9.21. The molecule has 4 rings (SSSR count). The fraction of sp³-hybridized carbons (Fsp3) is 0.722. The molecule has 3 aliphatic heterocycles. The second-order valence-corrected chi connectivity index (χ2v) is 7.50. The normalized spacial score (nSPS) is 28.7. The number of carbonyl (C=O) groups excluding carboxylic acids is 2. The van der Waals surface area contributed by atoms with Crippen molar-refractivity contribution in [1.29, 1.82) is 0 Å². The number of carbonyl (C=O) groups is 2. The number of aryl methyl sites for hydroxylation is 1. The van der Waals surface area contributed by atoms with Crippen LogP contribution < -0.4 is 4.74 Å². The second kappa shape index (κ2) is 6.69. The van der Waals surface area contributed by atoms with Gasteiger partial charge in [0.2, 0.25) is 11.8 Å². The lowest BCUT2D eigenvalue weighted by molar-refractivity contribution is -0.148. The first kappa shape index (κ1) is 16.4. The molecule has 25 heavy (non-hydrogen) atoms. The van der Waals surface area contributed by atoms with E-state index in [0.717, 1.165) is 38.9 Å². The Kier molecular flexibility index (Phi) is 4.39. The Morgan fingerprint density at radius 3 is 3.08 bits per heavy atom. The largest absolute Gasteiger partial charge is 0.479 e. The van der Waals surface area contributed by atoms with Gasteiger partial charge in [-0.25, -0.2) is 0 Å². The van der Waals surface area contributed by atoms with Crippen molar-refractivity contribution < 1.29 is 18.8 Å². The molecule has 0 N–H and O–H groups in total. The topological polar surface area (TPSA) is 75.9 Å².